The first-order chi connectivity index (χ1) is 15.2. The number of aliphatic imine (C=N–C) groups is 1. The van der Waals surface area contributed by atoms with Crippen LogP contribution in [0.4, 0.5) is 0 Å². The first-order valence-corrected chi connectivity index (χ1v) is 10.2. The number of nitrogens with zero attached hydrogens (tertiary/aromatic N) is 4. The number of hydrogen-bond acceptors (Lipinski definition) is 4. The summed E-state index contributed by atoms with van der Waals surface area (Å²) in [7, 11) is 1.76. The van der Waals surface area contributed by atoms with Gasteiger partial charge in [-0.15, -0.1) is 0 Å². The van der Waals surface area contributed by atoms with Gasteiger partial charge in [0.1, 0.15) is 6.26 Å². The van der Waals surface area contributed by atoms with Crippen molar-refractivity contribution in [3.8, 4) is 11.5 Å². The molecule has 0 bridgehead atoms. The first-order valence-electron chi connectivity index (χ1n) is 10.2. The smallest absolute Gasteiger partial charge is 0.226 e. The maximum Gasteiger partial charge on any atom is 0.226 e. The van der Waals surface area contributed by atoms with Gasteiger partial charge in [-0.05, 0) is 36.2 Å². The molecule has 2 aromatic heterocycles. The van der Waals surface area contributed by atoms with Crippen LogP contribution < -0.4 is 10.6 Å². The number of guanidine groups is 1. The lowest BCUT2D eigenvalue weighted by molar-refractivity contribution is 0.572. The topological polar surface area (TPSA) is 80.3 Å². The molecule has 2 aromatic carbocycles. The Morgan fingerprint density at radius 3 is 2.52 bits per heavy atom. The SMILES string of the molecule is CN=C(NCc1coc(-c2ccc(C)cc2)n1)NCc1ccccc1Cn1cccn1. The van der Waals surface area contributed by atoms with Crippen molar-refractivity contribution in [2.45, 2.75) is 26.6 Å². The molecule has 0 atom stereocenters. The zero-order valence-electron chi connectivity index (χ0n) is 17.7. The third-order valence-corrected chi connectivity index (χ3v) is 4.97. The molecule has 0 unspecified atom stereocenters. The summed E-state index contributed by atoms with van der Waals surface area (Å²) in [4.78, 5) is 8.89. The number of aromatic nitrogens is 3. The highest BCUT2D eigenvalue weighted by molar-refractivity contribution is 5.79. The van der Waals surface area contributed by atoms with Crippen LogP contribution in [0, 0.1) is 6.92 Å². The molecule has 0 aliphatic rings. The van der Waals surface area contributed by atoms with Gasteiger partial charge in [0.15, 0.2) is 5.96 Å². The van der Waals surface area contributed by atoms with Crippen LogP contribution in [0.5, 0.6) is 0 Å². The van der Waals surface area contributed by atoms with E-state index in [9.17, 15) is 0 Å². The van der Waals surface area contributed by atoms with Crippen LogP contribution in [0.1, 0.15) is 22.4 Å². The first kappa shape index (κ1) is 20.4. The summed E-state index contributed by atoms with van der Waals surface area (Å²) in [5.74, 6) is 1.32. The molecule has 0 saturated carbocycles. The normalized spacial score (nSPS) is 11.5. The minimum Gasteiger partial charge on any atom is -0.444 e. The van der Waals surface area contributed by atoms with E-state index in [4.69, 9.17) is 4.42 Å². The van der Waals surface area contributed by atoms with E-state index in [2.05, 4.69) is 44.8 Å². The van der Waals surface area contributed by atoms with E-state index in [1.807, 2.05) is 53.3 Å². The molecule has 7 nitrogen and oxygen atoms in total. The molecule has 4 aromatic rings. The Hall–Kier alpha value is -3.87. The number of nitrogens with one attached hydrogen (secondary N) is 2. The molecule has 0 aliphatic carbocycles. The third kappa shape index (κ3) is 5.39. The molecule has 0 radical (unpaired) electrons. The van der Waals surface area contributed by atoms with Crippen molar-refractivity contribution in [1.82, 2.24) is 25.4 Å². The van der Waals surface area contributed by atoms with E-state index in [0.717, 1.165) is 17.8 Å². The van der Waals surface area contributed by atoms with Gasteiger partial charge in [0.25, 0.3) is 0 Å². The van der Waals surface area contributed by atoms with Crippen LogP contribution >= 0.6 is 0 Å². The summed E-state index contributed by atoms with van der Waals surface area (Å²) in [6.07, 6.45) is 5.43. The number of benzene rings is 2. The van der Waals surface area contributed by atoms with Crippen LogP contribution in [-0.4, -0.2) is 27.8 Å². The van der Waals surface area contributed by atoms with E-state index < -0.39 is 0 Å². The van der Waals surface area contributed by atoms with Crippen molar-refractivity contribution in [3.63, 3.8) is 0 Å². The second kappa shape index (κ2) is 9.75. The summed E-state index contributed by atoms with van der Waals surface area (Å²) in [5.41, 5.74) is 5.40. The van der Waals surface area contributed by atoms with Gasteiger partial charge in [0.2, 0.25) is 5.89 Å². The largest absolute Gasteiger partial charge is 0.444 e. The molecule has 4 rings (SSSR count). The van der Waals surface area contributed by atoms with E-state index >= 15 is 0 Å². The highest BCUT2D eigenvalue weighted by atomic mass is 16.3. The molecule has 0 fully saturated rings. The van der Waals surface area contributed by atoms with E-state index in [1.165, 1.54) is 16.7 Å². The Morgan fingerprint density at radius 1 is 1.00 bits per heavy atom. The molecule has 31 heavy (non-hydrogen) atoms. The van der Waals surface area contributed by atoms with Gasteiger partial charge in [-0.2, -0.15) is 5.10 Å². The Balaban J connectivity index is 1.33. The van der Waals surface area contributed by atoms with E-state index in [1.54, 1.807) is 19.5 Å². The molecule has 7 heteroatoms. The number of hydrogen-bond donors (Lipinski definition) is 2. The summed E-state index contributed by atoms with van der Waals surface area (Å²) >= 11 is 0. The minimum atomic E-state index is 0.518. The molecular weight excluding hydrogens is 388 g/mol. The Labute approximate surface area is 181 Å². The van der Waals surface area contributed by atoms with Gasteiger partial charge in [0.05, 0.1) is 18.8 Å². The monoisotopic (exact) mass is 414 g/mol. The van der Waals surface area contributed by atoms with Crippen molar-refractivity contribution >= 4 is 5.96 Å². The van der Waals surface area contributed by atoms with Crippen molar-refractivity contribution in [1.29, 1.82) is 0 Å². The van der Waals surface area contributed by atoms with Gasteiger partial charge in [-0.3, -0.25) is 9.67 Å². The van der Waals surface area contributed by atoms with Crippen molar-refractivity contribution < 1.29 is 4.42 Å². The van der Waals surface area contributed by atoms with E-state index in [-0.39, 0.29) is 0 Å². The molecule has 0 aliphatic heterocycles. The van der Waals surface area contributed by atoms with Gasteiger partial charge in [0, 0.05) is 31.5 Å². The quantitative estimate of drug-likeness (QED) is 0.356. The Bertz CT molecular complexity index is 1130. The zero-order valence-corrected chi connectivity index (χ0v) is 17.7. The average molecular weight is 415 g/mol. The summed E-state index contributed by atoms with van der Waals surface area (Å²) in [5, 5.41) is 11.0. The molecule has 0 spiro atoms. The summed E-state index contributed by atoms with van der Waals surface area (Å²) in [6, 6.07) is 18.4. The van der Waals surface area contributed by atoms with Crippen LogP contribution in [0.3, 0.4) is 0 Å². The van der Waals surface area contributed by atoms with Gasteiger partial charge in [-0.1, -0.05) is 42.0 Å². The number of rotatable bonds is 7. The highest BCUT2D eigenvalue weighted by Gasteiger charge is 2.08. The van der Waals surface area contributed by atoms with Crippen molar-refractivity contribution in [2.75, 3.05) is 7.05 Å². The van der Waals surface area contributed by atoms with Crippen LogP contribution in [-0.2, 0) is 19.6 Å². The molecular formula is C24H26N6O. The predicted octanol–water partition coefficient (Wildman–Crippen LogP) is 3.76. The molecule has 0 amide bonds. The lowest BCUT2D eigenvalue weighted by Crippen LogP contribution is -2.36. The third-order valence-electron chi connectivity index (χ3n) is 4.97. The van der Waals surface area contributed by atoms with Gasteiger partial charge in [-0.25, -0.2) is 4.98 Å². The molecule has 2 N–H and O–H groups in total. The summed E-state index contributed by atoms with van der Waals surface area (Å²) < 4.78 is 7.55. The van der Waals surface area contributed by atoms with Gasteiger partial charge < -0.3 is 15.1 Å². The van der Waals surface area contributed by atoms with Crippen LogP contribution in [0.25, 0.3) is 11.5 Å². The molecule has 2 heterocycles. The zero-order chi connectivity index (χ0) is 21.5. The maximum absolute atomic E-state index is 5.63. The lowest BCUT2D eigenvalue weighted by atomic mass is 10.1. The molecule has 0 saturated heterocycles. The highest BCUT2D eigenvalue weighted by Crippen LogP contribution is 2.19. The minimum absolute atomic E-state index is 0.518. The van der Waals surface area contributed by atoms with Crippen molar-refractivity contribution in [3.05, 3.63) is 95.6 Å². The molecule has 158 valence electrons. The van der Waals surface area contributed by atoms with Gasteiger partial charge >= 0.3 is 0 Å². The second-order valence-electron chi connectivity index (χ2n) is 7.26. The fourth-order valence-corrected chi connectivity index (χ4v) is 3.24. The fraction of sp³-hybridized carbons (Fsp3) is 0.208. The number of oxazole rings is 1. The number of aryl methyl sites for hydroxylation is 1. The van der Waals surface area contributed by atoms with Crippen LogP contribution in [0.15, 0.2) is 82.7 Å². The summed E-state index contributed by atoms with van der Waals surface area (Å²) in [6.45, 7) is 3.97. The van der Waals surface area contributed by atoms with E-state index in [0.29, 0.717) is 24.9 Å². The van der Waals surface area contributed by atoms with Crippen LogP contribution in [0.2, 0.25) is 0 Å². The fourth-order valence-electron chi connectivity index (χ4n) is 3.24. The predicted molar refractivity (Wildman–Crippen MR) is 121 cm³/mol. The lowest BCUT2D eigenvalue weighted by Gasteiger charge is -2.14. The van der Waals surface area contributed by atoms with Crippen molar-refractivity contribution in [2.24, 2.45) is 4.99 Å². The second-order valence-corrected chi connectivity index (χ2v) is 7.26. The average Bonchev–Trinajstić information content (AvgIpc) is 3.48. The Kier molecular flexibility index (Phi) is 6.42. The maximum atomic E-state index is 5.63. The standard InChI is InChI=1S/C24H26N6O/c1-18-8-10-19(11-9-18)23-29-22(17-31-23)15-27-24(25-2)26-14-20-6-3-4-7-21(20)16-30-13-5-12-28-30/h3-13,17H,14-16H2,1-2H3,(H2,25,26,27). The Morgan fingerprint density at radius 2 is 1.77 bits per heavy atom.